The molecule has 32 heavy (non-hydrogen) atoms. The zero-order valence-corrected chi connectivity index (χ0v) is 19.2. The maximum absolute atomic E-state index is 12.8. The fourth-order valence-electron chi connectivity index (χ4n) is 3.28. The van der Waals surface area contributed by atoms with E-state index in [0.717, 1.165) is 11.0 Å². The Kier molecular flexibility index (Phi) is 7.03. The van der Waals surface area contributed by atoms with E-state index in [1.54, 1.807) is 42.5 Å². The zero-order chi connectivity index (χ0) is 23.4. The average Bonchev–Trinajstić information content (AvgIpc) is 3.10. The molecule has 1 heterocycles. The number of carbonyl (C=O) groups excluding carboxylic acids is 2. The molecule has 7 nitrogen and oxygen atoms in total. The molecule has 2 aromatic carbocycles. The number of carbonyl (C=O) groups is 2. The van der Waals surface area contributed by atoms with E-state index in [2.05, 4.69) is 20.8 Å². The molecule has 0 aliphatic carbocycles. The summed E-state index contributed by atoms with van der Waals surface area (Å²) in [7, 11) is -3.37. The van der Waals surface area contributed by atoms with Crippen LogP contribution in [0.2, 0.25) is 0 Å². The van der Waals surface area contributed by atoms with Crippen LogP contribution in [0.15, 0.2) is 66.1 Å². The summed E-state index contributed by atoms with van der Waals surface area (Å²) in [6, 6.07) is 15.4. The lowest BCUT2D eigenvalue weighted by molar-refractivity contribution is -0.149. The van der Waals surface area contributed by atoms with Gasteiger partial charge in [-0.05, 0) is 41.3 Å². The fourth-order valence-corrected chi connectivity index (χ4v) is 4.54. The molecule has 3 rings (SSSR count). The Morgan fingerprint density at radius 2 is 1.66 bits per heavy atom. The first-order chi connectivity index (χ1) is 15.0. The van der Waals surface area contributed by atoms with Crippen LogP contribution in [0.4, 0.5) is 5.69 Å². The Hall–Kier alpha value is -3.13. The molecule has 2 aromatic rings. The number of esters is 1. The predicted octanol–water partition coefficient (Wildman–Crippen LogP) is 3.25. The number of sulfone groups is 1. The number of rotatable bonds is 7. The van der Waals surface area contributed by atoms with E-state index in [4.69, 9.17) is 9.47 Å². The number of hydrogen-bond donors (Lipinski definition) is 0. The van der Waals surface area contributed by atoms with E-state index in [0.29, 0.717) is 11.4 Å². The van der Waals surface area contributed by atoms with Crippen LogP contribution in [0.25, 0.3) is 0 Å². The standard InChI is InChI=1S/C24H27NO6S/c1-24(2,3)18-9-11-21(12-10-18)30-16-23(27)31-15-22(26)25(19-7-5-4-6-8-19)20-13-14-32(28,29)17-20/h4-14,20H,15-17H2,1-3H3/t20-/m0/s1. The van der Waals surface area contributed by atoms with E-state index < -0.39 is 34.4 Å². The van der Waals surface area contributed by atoms with Gasteiger partial charge in [0, 0.05) is 11.1 Å². The molecule has 1 atom stereocenters. The number of nitrogens with zero attached hydrogens (tertiary/aromatic N) is 1. The summed E-state index contributed by atoms with van der Waals surface area (Å²) in [6.45, 7) is 5.45. The summed E-state index contributed by atoms with van der Waals surface area (Å²) in [5.74, 6) is -0.907. The number of ether oxygens (including phenoxy) is 2. The summed E-state index contributed by atoms with van der Waals surface area (Å²) >= 11 is 0. The van der Waals surface area contributed by atoms with Gasteiger partial charge in [0.1, 0.15) is 5.75 Å². The zero-order valence-electron chi connectivity index (χ0n) is 18.4. The predicted molar refractivity (Wildman–Crippen MR) is 122 cm³/mol. The third-order valence-corrected chi connectivity index (χ3v) is 6.36. The highest BCUT2D eigenvalue weighted by atomic mass is 32.2. The van der Waals surface area contributed by atoms with E-state index >= 15 is 0 Å². The molecule has 1 aliphatic heterocycles. The summed E-state index contributed by atoms with van der Waals surface area (Å²) in [5, 5.41) is 1.10. The van der Waals surface area contributed by atoms with Gasteiger partial charge in [0.2, 0.25) is 0 Å². The molecule has 0 saturated carbocycles. The van der Waals surface area contributed by atoms with E-state index in [1.807, 2.05) is 12.1 Å². The normalized spacial score (nSPS) is 17.0. The molecule has 0 spiro atoms. The van der Waals surface area contributed by atoms with Crippen molar-refractivity contribution in [2.75, 3.05) is 23.9 Å². The first-order valence-corrected chi connectivity index (χ1v) is 11.9. The molecule has 0 bridgehead atoms. The van der Waals surface area contributed by atoms with Gasteiger partial charge in [0.05, 0.1) is 11.8 Å². The molecule has 0 saturated heterocycles. The molecule has 8 heteroatoms. The summed E-state index contributed by atoms with van der Waals surface area (Å²) < 4.78 is 34.2. The van der Waals surface area contributed by atoms with Crippen LogP contribution in [-0.2, 0) is 29.6 Å². The van der Waals surface area contributed by atoms with Crippen molar-refractivity contribution in [1.82, 2.24) is 0 Å². The highest BCUT2D eigenvalue weighted by Gasteiger charge is 2.31. The molecule has 1 amide bonds. The lowest BCUT2D eigenvalue weighted by Gasteiger charge is -2.27. The van der Waals surface area contributed by atoms with Crippen molar-refractivity contribution in [2.24, 2.45) is 0 Å². The minimum atomic E-state index is -3.37. The molecular formula is C24H27NO6S. The van der Waals surface area contributed by atoms with Crippen LogP contribution in [0.1, 0.15) is 26.3 Å². The summed E-state index contributed by atoms with van der Waals surface area (Å²) in [6.07, 6.45) is 1.46. The third kappa shape index (κ3) is 6.20. The lowest BCUT2D eigenvalue weighted by Crippen LogP contribution is -2.43. The molecule has 0 fully saturated rings. The van der Waals surface area contributed by atoms with Crippen molar-refractivity contribution in [3.8, 4) is 5.75 Å². The second kappa shape index (κ2) is 9.56. The van der Waals surface area contributed by atoms with Crippen molar-refractivity contribution < 1.29 is 27.5 Å². The largest absolute Gasteiger partial charge is 0.482 e. The number of para-hydroxylation sites is 1. The van der Waals surface area contributed by atoms with Gasteiger partial charge in [0.15, 0.2) is 23.1 Å². The Labute approximate surface area is 188 Å². The summed E-state index contributed by atoms with van der Waals surface area (Å²) in [5.41, 5.74) is 1.67. The van der Waals surface area contributed by atoms with Crippen LogP contribution >= 0.6 is 0 Å². The van der Waals surface area contributed by atoms with Crippen LogP contribution < -0.4 is 9.64 Å². The summed E-state index contributed by atoms with van der Waals surface area (Å²) in [4.78, 5) is 26.3. The average molecular weight is 458 g/mol. The smallest absolute Gasteiger partial charge is 0.344 e. The van der Waals surface area contributed by atoms with Gasteiger partial charge in [-0.2, -0.15) is 0 Å². The van der Waals surface area contributed by atoms with Crippen molar-refractivity contribution in [2.45, 2.75) is 32.2 Å². The molecule has 0 unspecified atom stereocenters. The Morgan fingerprint density at radius 1 is 1.00 bits per heavy atom. The van der Waals surface area contributed by atoms with Crippen molar-refractivity contribution >= 4 is 27.4 Å². The second-order valence-electron chi connectivity index (χ2n) is 8.55. The molecule has 0 aromatic heterocycles. The molecule has 170 valence electrons. The maximum atomic E-state index is 12.8. The van der Waals surface area contributed by atoms with Gasteiger partial charge >= 0.3 is 5.97 Å². The van der Waals surface area contributed by atoms with Crippen LogP contribution in [0.3, 0.4) is 0 Å². The van der Waals surface area contributed by atoms with E-state index in [-0.39, 0.29) is 17.8 Å². The van der Waals surface area contributed by atoms with E-state index in [9.17, 15) is 18.0 Å². The quantitative estimate of drug-likeness (QED) is 0.593. The van der Waals surface area contributed by atoms with Gasteiger partial charge in [-0.15, -0.1) is 0 Å². The van der Waals surface area contributed by atoms with Crippen LogP contribution in [-0.4, -0.2) is 45.3 Å². The number of amides is 1. The van der Waals surface area contributed by atoms with Gasteiger partial charge in [-0.3, -0.25) is 4.79 Å². The molecule has 0 radical (unpaired) electrons. The second-order valence-corrected chi connectivity index (χ2v) is 10.5. The van der Waals surface area contributed by atoms with Crippen LogP contribution in [0.5, 0.6) is 5.75 Å². The number of benzene rings is 2. The van der Waals surface area contributed by atoms with Gasteiger partial charge < -0.3 is 14.4 Å². The van der Waals surface area contributed by atoms with Gasteiger partial charge in [-0.25, -0.2) is 13.2 Å². The minimum absolute atomic E-state index is 0.0102. The molecule has 1 aliphatic rings. The highest BCUT2D eigenvalue weighted by molar-refractivity contribution is 7.94. The maximum Gasteiger partial charge on any atom is 0.344 e. The highest BCUT2D eigenvalue weighted by Crippen LogP contribution is 2.25. The van der Waals surface area contributed by atoms with Crippen molar-refractivity contribution in [3.05, 3.63) is 71.6 Å². The lowest BCUT2D eigenvalue weighted by atomic mass is 9.87. The third-order valence-electron chi connectivity index (χ3n) is 4.98. The molecular weight excluding hydrogens is 430 g/mol. The topological polar surface area (TPSA) is 90.0 Å². The Morgan fingerprint density at radius 3 is 2.22 bits per heavy atom. The number of hydrogen-bond acceptors (Lipinski definition) is 6. The Bertz CT molecular complexity index is 1090. The van der Waals surface area contributed by atoms with Gasteiger partial charge in [-0.1, -0.05) is 51.1 Å². The van der Waals surface area contributed by atoms with Crippen molar-refractivity contribution in [1.29, 1.82) is 0 Å². The van der Waals surface area contributed by atoms with Crippen LogP contribution in [0, 0.1) is 0 Å². The first-order valence-electron chi connectivity index (χ1n) is 10.2. The molecule has 0 N–H and O–H groups in total. The van der Waals surface area contributed by atoms with Crippen molar-refractivity contribution in [3.63, 3.8) is 0 Å². The minimum Gasteiger partial charge on any atom is -0.482 e. The first kappa shape index (κ1) is 23.5. The van der Waals surface area contributed by atoms with E-state index in [1.165, 1.54) is 11.0 Å². The number of anilines is 1. The monoisotopic (exact) mass is 457 g/mol. The Balaban J connectivity index is 1.57. The fraction of sp³-hybridized carbons (Fsp3) is 0.333. The van der Waals surface area contributed by atoms with Gasteiger partial charge in [0.25, 0.3) is 5.91 Å². The SMILES string of the molecule is CC(C)(C)c1ccc(OCC(=O)OCC(=O)N(c2ccccc2)[C@H]2C=CS(=O)(=O)C2)cc1.